The lowest BCUT2D eigenvalue weighted by molar-refractivity contribution is 0.103. The van der Waals surface area contributed by atoms with Crippen molar-refractivity contribution in [2.24, 2.45) is 0 Å². The van der Waals surface area contributed by atoms with Crippen LogP contribution in [0.2, 0.25) is 5.02 Å². The van der Waals surface area contributed by atoms with E-state index in [0.29, 0.717) is 15.6 Å². The van der Waals surface area contributed by atoms with Gasteiger partial charge in [-0.2, -0.15) is 0 Å². The van der Waals surface area contributed by atoms with E-state index in [1.807, 2.05) is 26.0 Å². The number of halogens is 1. The molecule has 1 aromatic heterocycles. The van der Waals surface area contributed by atoms with Gasteiger partial charge in [0.2, 0.25) is 0 Å². The topological polar surface area (TPSA) is 42.0 Å². The third-order valence-electron chi connectivity index (χ3n) is 2.27. The Morgan fingerprint density at radius 2 is 2.18 bits per heavy atom. The number of anilines is 1. The molecule has 3 nitrogen and oxygen atoms in total. The van der Waals surface area contributed by atoms with Gasteiger partial charge >= 0.3 is 0 Å². The van der Waals surface area contributed by atoms with Crippen molar-refractivity contribution in [3.63, 3.8) is 0 Å². The summed E-state index contributed by atoms with van der Waals surface area (Å²) in [7, 11) is 0. The minimum absolute atomic E-state index is 0.157. The number of benzene rings is 1. The van der Waals surface area contributed by atoms with Crippen molar-refractivity contribution in [3.8, 4) is 0 Å². The standard InChI is InChI=1S/C12H11ClN2OS/c1-7-3-4-9(5-10(7)13)15-12(16)11-6-14-8(2)17-11/h3-6H,1-2H3,(H,15,16). The van der Waals surface area contributed by atoms with E-state index < -0.39 is 0 Å². The normalized spacial score (nSPS) is 10.3. The first-order valence-electron chi connectivity index (χ1n) is 5.06. The predicted molar refractivity (Wildman–Crippen MR) is 71.0 cm³/mol. The maximum absolute atomic E-state index is 11.8. The molecule has 0 unspecified atom stereocenters. The largest absolute Gasteiger partial charge is 0.321 e. The lowest BCUT2D eigenvalue weighted by atomic mass is 10.2. The summed E-state index contributed by atoms with van der Waals surface area (Å²) in [6, 6.07) is 5.44. The fourth-order valence-electron chi connectivity index (χ4n) is 1.33. The lowest BCUT2D eigenvalue weighted by Crippen LogP contribution is -2.10. The molecule has 0 spiro atoms. The molecule has 1 N–H and O–H groups in total. The average molecular weight is 267 g/mol. The smallest absolute Gasteiger partial charge is 0.267 e. The molecule has 0 saturated carbocycles. The van der Waals surface area contributed by atoms with Gasteiger partial charge in [0.25, 0.3) is 5.91 Å². The van der Waals surface area contributed by atoms with Gasteiger partial charge in [-0.05, 0) is 31.5 Å². The molecule has 0 aliphatic heterocycles. The van der Waals surface area contributed by atoms with Gasteiger partial charge < -0.3 is 5.32 Å². The Labute approximate surface area is 108 Å². The molecule has 0 aliphatic rings. The summed E-state index contributed by atoms with van der Waals surface area (Å²) in [5.74, 6) is -0.157. The lowest BCUT2D eigenvalue weighted by Gasteiger charge is -2.05. The summed E-state index contributed by atoms with van der Waals surface area (Å²) in [6.07, 6.45) is 1.57. The minimum atomic E-state index is -0.157. The predicted octanol–water partition coefficient (Wildman–Crippen LogP) is 3.67. The molecular formula is C12H11ClN2OS. The van der Waals surface area contributed by atoms with Crippen molar-refractivity contribution in [1.82, 2.24) is 4.98 Å². The van der Waals surface area contributed by atoms with Crippen molar-refractivity contribution in [2.75, 3.05) is 5.32 Å². The van der Waals surface area contributed by atoms with Gasteiger partial charge in [-0.15, -0.1) is 11.3 Å². The first-order valence-corrected chi connectivity index (χ1v) is 6.25. The van der Waals surface area contributed by atoms with Crippen LogP contribution in [0.3, 0.4) is 0 Å². The first kappa shape index (κ1) is 12.1. The molecule has 0 atom stereocenters. The quantitative estimate of drug-likeness (QED) is 0.901. The summed E-state index contributed by atoms with van der Waals surface area (Å²) in [5, 5.41) is 4.30. The number of nitrogens with one attached hydrogen (secondary N) is 1. The third kappa shape index (κ3) is 2.84. The van der Waals surface area contributed by atoms with Gasteiger partial charge in [0.15, 0.2) is 0 Å². The molecule has 0 fully saturated rings. The summed E-state index contributed by atoms with van der Waals surface area (Å²) in [6.45, 7) is 3.78. The van der Waals surface area contributed by atoms with E-state index in [2.05, 4.69) is 10.3 Å². The van der Waals surface area contributed by atoms with Crippen LogP contribution in [0.25, 0.3) is 0 Å². The second-order valence-corrected chi connectivity index (χ2v) is 5.30. The van der Waals surface area contributed by atoms with E-state index in [1.54, 1.807) is 12.3 Å². The average Bonchev–Trinajstić information content (AvgIpc) is 2.70. The van der Waals surface area contributed by atoms with Crippen LogP contribution in [0.1, 0.15) is 20.2 Å². The molecule has 5 heteroatoms. The van der Waals surface area contributed by atoms with Crippen molar-refractivity contribution in [2.45, 2.75) is 13.8 Å². The highest BCUT2D eigenvalue weighted by molar-refractivity contribution is 7.13. The van der Waals surface area contributed by atoms with Gasteiger partial charge in [-0.3, -0.25) is 4.79 Å². The number of nitrogens with zero attached hydrogens (tertiary/aromatic N) is 1. The zero-order chi connectivity index (χ0) is 12.4. The van der Waals surface area contributed by atoms with Gasteiger partial charge in [0.05, 0.1) is 11.2 Å². The second kappa shape index (κ2) is 4.85. The molecular weight excluding hydrogens is 256 g/mol. The zero-order valence-electron chi connectivity index (χ0n) is 9.45. The molecule has 2 rings (SSSR count). The number of hydrogen-bond acceptors (Lipinski definition) is 3. The number of rotatable bonds is 2. The Morgan fingerprint density at radius 1 is 1.41 bits per heavy atom. The maximum atomic E-state index is 11.8. The fourth-order valence-corrected chi connectivity index (χ4v) is 2.18. The molecule has 0 radical (unpaired) electrons. The van der Waals surface area contributed by atoms with Crippen LogP contribution in [-0.4, -0.2) is 10.9 Å². The molecule has 1 heterocycles. The van der Waals surface area contributed by atoms with Crippen LogP contribution in [0.5, 0.6) is 0 Å². The van der Waals surface area contributed by atoms with E-state index >= 15 is 0 Å². The van der Waals surface area contributed by atoms with E-state index in [-0.39, 0.29) is 5.91 Å². The highest BCUT2D eigenvalue weighted by Crippen LogP contribution is 2.21. The molecule has 1 amide bonds. The van der Waals surface area contributed by atoms with Crippen molar-refractivity contribution in [1.29, 1.82) is 0 Å². The van der Waals surface area contributed by atoms with Gasteiger partial charge in [0, 0.05) is 10.7 Å². The summed E-state index contributed by atoms with van der Waals surface area (Å²) in [5.41, 5.74) is 1.68. The van der Waals surface area contributed by atoms with Gasteiger partial charge in [-0.1, -0.05) is 17.7 Å². The molecule has 0 bridgehead atoms. The molecule has 0 aliphatic carbocycles. The van der Waals surface area contributed by atoms with E-state index in [0.717, 1.165) is 10.6 Å². The molecule has 1 aromatic carbocycles. The molecule has 88 valence electrons. The number of thiazole rings is 1. The van der Waals surface area contributed by atoms with Crippen molar-refractivity contribution >= 4 is 34.5 Å². The van der Waals surface area contributed by atoms with E-state index in [4.69, 9.17) is 11.6 Å². The Kier molecular flexibility index (Phi) is 3.45. The van der Waals surface area contributed by atoms with Crippen molar-refractivity contribution < 1.29 is 4.79 Å². The first-order chi connectivity index (χ1) is 8.06. The fraction of sp³-hybridized carbons (Fsp3) is 0.167. The monoisotopic (exact) mass is 266 g/mol. The SMILES string of the molecule is Cc1ncc(C(=O)Nc2ccc(C)c(Cl)c2)s1. The number of carbonyl (C=O) groups excluding carboxylic acids is 1. The highest BCUT2D eigenvalue weighted by atomic mass is 35.5. The number of carbonyl (C=O) groups is 1. The van der Waals surface area contributed by atoms with Crippen LogP contribution < -0.4 is 5.32 Å². The molecule has 17 heavy (non-hydrogen) atoms. The van der Waals surface area contributed by atoms with E-state index in [9.17, 15) is 4.79 Å². The van der Waals surface area contributed by atoms with Crippen LogP contribution in [0, 0.1) is 13.8 Å². The second-order valence-electron chi connectivity index (χ2n) is 3.66. The minimum Gasteiger partial charge on any atom is -0.321 e. The van der Waals surface area contributed by atoms with Crippen LogP contribution >= 0.6 is 22.9 Å². The molecule has 0 saturated heterocycles. The summed E-state index contributed by atoms with van der Waals surface area (Å²) in [4.78, 5) is 16.5. The number of hydrogen-bond donors (Lipinski definition) is 1. The van der Waals surface area contributed by atoms with E-state index in [1.165, 1.54) is 11.3 Å². The summed E-state index contributed by atoms with van der Waals surface area (Å²) < 4.78 is 0. The Morgan fingerprint density at radius 3 is 2.76 bits per heavy atom. The molecule has 2 aromatic rings. The zero-order valence-corrected chi connectivity index (χ0v) is 11.0. The van der Waals surface area contributed by atoms with Gasteiger partial charge in [-0.25, -0.2) is 4.98 Å². The third-order valence-corrected chi connectivity index (χ3v) is 3.59. The maximum Gasteiger partial charge on any atom is 0.267 e. The number of aromatic nitrogens is 1. The van der Waals surface area contributed by atoms with Crippen LogP contribution in [-0.2, 0) is 0 Å². The Balaban J connectivity index is 2.15. The van der Waals surface area contributed by atoms with Gasteiger partial charge in [0.1, 0.15) is 4.88 Å². The Hall–Kier alpha value is -1.39. The van der Waals surface area contributed by atoms with Crippen LogP contribution in [0.15, 0.2) is 24.4 Å². The summed E-state index contributed by atoms with van der Waals surface area (Å²) >= 11 is 7.35. The highest BCUT2D eigenvalue weighted by Gasteiger charge is 2.09. The van der Waals surface area contributed by atoms with Crippen LogP contribution in [0.4, 0.5) is 5.69 Å². The van der Waals surface area contributed by atoms with Crippen molar-refractivity contribution in [3.05, 3.63) is 44.9 Å². The Bertz CT molecular complexity index is 565. The number of amides is 1. The number of aryl methyl sites for hydroxylation is 2.